The number of hydrogen-bond acceptors (Lipinski definition) is 7. The molecular weight excluding hydrogens is 432 g/mol. The van der Waals surface area contributed by atoms with Gasteiger partial charge in [-0.3, -0.25) is 0 Å². The number of likely N-dealkylation sites (tertiary alicyclic amines) is 1. The summed E-state index contributed by atoms with van der Waals surface area (Å²) in [6, 6.07) is 15.6. The molecular formula is C27H30N2O5. The van der Waals surface area contributed by atoms with Gasteiger partial charge in [0, 0.05) is 31.3 Å². The fraction of sp³-hybridized carbons (Fsp3) is 0.370. The maximum absolute atomic E-state index is 11.6. The normalized spacial score (nSPS) is 15.2. The SMILES string of the molecule is COc1cccc(CNC2CCN(CCCOc3c4ccoc4cc4oc(=O)ccc34)CC2)c1. The molecule has 0 spiro atoms. The summed E-state index contributed by atoms with van der Waals surface area (Å²) in [6.45, 7) is 4.62. The molecule has 7 nitrogen and oxygen atoms in total. The molecule has 7 heteroatoms. The molecule has 0 saturated carbocycles. The Balaban J connectivity index is 1.09. The van der Waals surface area contributed by atoms with Crippen LogP contribution in [-0.2, 0) is 6.54 Å². The van der Waals surface area contributed by atoms with Crippen molar-refractivity contribution in [2.45, 2.75) is 31.8 Å². The van der Waals surface area contributed by atoms with Gasteiger partial charge in [0.15, 0.2) is 0 Å². The Labute approximate surface area is 198 Å². The van der Waals surface area contributed by atoms with Gasteiger partial charge in [-0.25, -0.2) is 4.79 Å². The Hall–Kier alpha value is -3.29. The summed E-state index contributed by atoms with van der Waals surface area (Å²) >= 11 is 0. The van der Waals surface area contributed by atoms with E-state index in [2.05, 4.69) is 22.3 Å². The first-order valence-electron chi connectivity index (χ1n) is 11.8. The maximum atomic E-state index is 11.6. The predicted octanol–water partition coefficient (Wildman–Crippen LogP) is 4.57. The molecule has 0 radical (unpaired) electrons. The lowest BCUT2D eigenvalue weighted by atomic mass is 10.0. The third-order valence-corrected chi connectivity index (χ3v) is 6.49. The molecule has 1 aliphatic rings. The molecule has 1 N–H and O–H groups in total. The molecule has 178 valence electrons. The highest BCUT2D eigenvalue weighted by Crippen LogP contribution is 2.35. The van der Waals surface area contributed by atoms with Crippen LogP contribution in [0, 0.1) is 0 Å². The van der Waals surface area contributed by atoms with Crippen molar-refractivity contribution in [1.29, 1.82) is 0 Å². The van der Waals surface area contributed by atoms with Crippen molar-refractivity contribution in [2.75, 3.05) is 33.4 Å². The highest BCUT2D eigenvalue weighted by molar-refractivity contribution is 6.01. The topological polar surface area (TPSA) is 77.1 Å². The van der Waals surface area contributed by atoms with E-state index < -0.39 is 0 Å². The predicted molar refractivity (Wildman–Crippen MR) is 132 cm³/mol. The van der Waals surface area contributed by atoms with Gasteiger partial charge in [0.25, 0.3) is 0 Å². The Morgan fingerprint density at radius 3 is 2.76 bits per heavy atom. The number of nitrogens with one attached hydrogen (secondary N) is 1. The summed E-state index contributed by atoms with van der Waals surface area (Å²) in [7, 11) is 1.70. The molecule has 2 aromatic heterocycles. The van der Waals surface area contributed by atoms with Gasteiger partial charge in [-0.1, -0.05) is 12.1 Å². The summed E-state index contributed by atoms with van der Waals surface area (Å²) in [6.07, 6.45) is 4.83. The van der Waals surface area contributed by atoms with Crippen LogP contribution < -0.4 is 20.4 Å². The summed E-state index contributed by atoms with van der Waals surface area (Å²) in [5.41, 5.74) is 2.00. The quantitative estimate of drug-likeness (QED) is 0.288. The molecule has 4 aromatic rings. The van der Waals surface area contributed by atoms with E-state index in [0.717, 1.165) is 62.0 Å². The van der Waals surface area contributed by atoms with Crippen molar-refractivity contribution in [3.05, 3.63) is 70.8 Å². The Kier molecular flexibility index (Phi) is 6.83. The smallest absolute Gasteiger partial charge is 0.336 e. The molecule has 3 heterocycles. The van der Waals surface area contributed by atoms with Gasteiger partial charge in [0.05, 0.1) is 30.8 Å². The molecule has 0 atom stereocenters. The number of piperidine rings is 1. The highest BCUT2D eigenvalue weighted by Gasteiger charge is 2.19. The first kappa shape index (κ1) is 22.5. The number of benzene rings is 2. The molecule has 0 bridgehead atoms. The van der Waals surface area contributed by atoms with Crippen molar-refractivity contribution in [3.8, 4) is 11.5 Å². The lowest BCUT2D eigenvalue weighted by molar-refractivity contribution is 0.182. The van der Waals surface area contributed by atoms with Crippen molar-refractivity contribution < 1.29 is 18.3 Å². The molecule has 0 unspecified atom stereocenters. The highest BCUT2D eigenvalue weighted by atomic mass is 16.5. The van der Waals surface area contributed by atoms with E-state index in [0.29, 0.717) is 29.6 Å². The number of rotatable bonds is 9. The molecule has 5 rings (SSSR count). The van der Waals surface area contributed by atoms with Crippen LogP contribution in [0.2, 0.25) is 0 Å². The zero-order chi connectivity index (χ0) is 23.3. The average Bonchev–Trinajstić information content (AvgIpc) is 3.33. The van der Waals surface area contributed by atoms with Crippen molar-refractivity contribution in [3.63, 3.8) is 0 Å². The first-order valence-corrected chi connectivity index (χ1v) is 11.8. The van der Waals surface area contributed by atoms with E-state index in [1.54, 1.807) is 25.5 Å². The summed E-state index contributed by atoms with van der Waals surface area (Å²) in [5.74, 6) is 1.61. The van der Waals surface area contributed by atoms with E-state index >= 15 is 0 Å². The van der Waals surface area contributed by atoms with E-state index in [-0.39, 0.29) is 5.63 Å². The second kappa shape index (κ2) is 10.3. The van der Waals surface area contributed by atoms with Gasteiger partial charge in [-0.2, -0.15) is 0 Å². The van der Waals surface area contributed by atoms with Crippen molar-refractivity contribution in [2.24, 2.45) is 0 Å². The third-order valence-electron chi connectivity index (χ3n) is 6.49. The maximum Gasteiger partial charge on any atom is 0.336 e. The number of furan rings is 1. The summed E-state index contributed by atoms with van der Waals surface area (Å²) < 4.78 is 22.3. The van der Waals surface area contributed by atoms with Crippen LogP contribution in [0.4, 0.5) is 0 Å². The largest absolute Gasteiger partial charge is 0.497 e. The van der Waals surface area contributed by atoms with Gasteiger partial charge < -0.3 is 28.5 Å². The van der Waals surface area contributed by atoms with Gasteiger partial charge in [-0.05, 0) is 62.2 Å². The van der Waals surface area contributed by atoms with Crippen LogP contribution >= 0.6 is 0 Å². The summed E-state index contributed by atoms with van der Waals surface area (Å²) in [5, 5.41) is 5.37. The molecule has 0 amide bonds. The number of hydrogen-bond donors (Lipinski definition) is 1. The molecule has 1 fully saturated rings. The molecule has 34 heavy (non-hydrogen) atoms. The standard InChI is InChI=1S/C27H30N2O5/c1-31-21-5-2-4-19(16-21)18-28-20-8-12-29(13-9-20)11-3-14-33-27-22-6-7-26(30)34-25(22)17-24-23(27)10-15-32-24/h2,4-7,10,15-17,20,28H,3,8-9,11-14,18H2,1H3. The average molecular weight is 463 g/mol. The zero-order valence-electron chi connectivity index (χ0n) is 19.4. The van der Waals surface area contributed by atoms with Crippen LogP contribution in [-0.4, -0.2) is 44.3 Å². The van der Waals surface area contributed by atoms with Crippen LogP contribution in [0.5, 0.6) is 11.5 Å². The Morgan fingerprint density at radius 1 is 1.06 bits per heavy atom. The van der Waals surface area contributed by atoms with Crippen LogP contribution in [0.3, 0.4) is 0 Å². The van der Waals surface area contributed by atoms with E-state index in [1.165, 1.54) is 11.6 Å². The van der Waals surface area contributed by atoms with Gasteiger partial charge >= 0.3 is 5.63 Å². The fourth-order valence-electron chi connectivity index (χ4n) is 4.63. The van der Waals surface area contributed by atoms with E-state index in [9.17, 15) is 4.79 Å². The van der Waals surface area contributed by atoms with E-state index in [1.807, 2.05) is 18.2 Å². The van der Waals surface area contributed by atoms with Crippen LogP contribution in [0.25, 0.3) is 21.9 Å². The fourth-order valence-corrected chi connectivity index (χ4v) is 4.63. The lowest BCUT2D eigenvalue weighted by Gasteiger charge is -2.32. The lowest BCUT2D eigenvalue weighted by Crippen LogP contribution is -2.42. The van der Waals surface area contributed by atoms with Crippen LogP contribution in [0.15, 0.2) is 68.4 Å². The molecule has 2 aromatic carbocycles. The summed E-state index contributed by atoms with van der Waals surface area (Å²) in [4.78, 5) is 14.1. The van der Waals surface area contributed by atoms with Gasteiger partial charge in [0.1, 0.15) is 22.7 Å². The minimum atomic E-state index is -0.384. The Morgan fingerprint density at radius 2 is 1.91 bits per heavy atom. The molecule has 1 aliphatic heterocycles. The van der Waals surface area contributed by atoms with E-state index in [4.69, 9.17) is 18.3 Å². The minimum absolute atomic E-state index is 0.384. The van der Waals surface area contributed by atoms with Gasteiger partial charge in [-0.15, -0.1) is 0 Å². The Bertz CT molecular complexity index is 1300. The number of fused-ring (bicyclic) bond motifs is 2. The van der Waals surface area contributed by atoms with Crippen molar-refractivity contribution >= 4 is 21.9 Å². The monoisotopic (exact) mass is 462 g/mol. The second-order valence-corrected chi connectivity index (χ2v) is 8.75. The third kappa shape index (κ3) is 5.11. The number of methoxy groups -OCH3 is 1. The minimum Gasteiger partial charge on any atom is -0.497 e. The van der Waals surface area contributed by atoms with Crippen molar-refractivity contribution in [1.82, 2.24) is 10.2 Å². The number of nitrogens with zero attached hydrogens (tertiary/aromatic N) is 1. The first-order chi connectivity index (χ1) is 16.7. The molecule has 1 saturated heterocycles. The second-order valence-electron chi connectivity index (χ2n) is 8.75. The zero-order valence-corrected chi connectivity index (χ0v) is 19.4. The molecule has 0 aliphatic carbocycles. The van der Waals surface area contributed by atoms with Crippen LogP contribution in [0.1, 0.15) is 24.8 Å². The number of ether oxygens (including phenoxy) is 2. The van der Waals surface area contributed by atoms with Gasteiger partial charge in [0.2, 0.25) is 0 Å².